The molecule has 0 aliphatic heterocycles. The fourth-order valence-corrected chi connectivity index (χ4v) is 1.85. The zero-order valence-electron chi connectivity index (χ0n) is 14.5. The number of ether oxygens (including phenoxy) is 3. The molecule has 0 radical (unpaired) electrons. The molecule has 0 atom stereocenters. The van der Waals surface area contributed by atoms with E-state index in [-0.39, 0.29) is 0 Å². The van der Waals surface area contributed by atoms with Crippen LogP contribution in [0.4, 0.5) is 0 Å². The highest BCUT2D eigenvalue weighted by molar-refractivity contribution is 4.91. The summed E-state index contributed by atoms with van der Waals surface area (Å²) in [6.07, 6.45) is 2.68. The molecule has 0 aliphatic rings. The summed E-state index contributed by atoms with van der Waals surface area (Å²) in [4.78, 5) is 2.70. The lowest BCUT2D eigenvalue weighted by molar-refractivity contribution is 0.0141. The summed E-state index contributed by atoms with van der Waals surface area (Å²) in [5.74, 6) is 0. The van der Waals surface area contributed by atoms with Crippen LogP contribution in [0, 0.1) is 0 Å². The van der Waals surface area contributed by atoms with Crippen molar-refractivity contribution in [2.45, 2.75) is 19.5 Å². The molecular weight excluding hydrogens is 328 g/mol. The second-order valence-corrected chi connectivity index (χ2v) is 5.08. The van der Waals surface area contributed by atoms with E-state index in [1.54, 1.807) is 4.68 Å². The van der Waals surface area contributed by atoms with E-state index in [9.17, 15) is 0 Å². The van der Waals surface area contributed by atoms with E-state index < -0.39 is 0 Å². The van der Waals surface area contributed by atoms with Crippen molar-refractivity contribution in [2.24, 2.45) is 10.8 Å². The molecular formula is C14H28N8O3. The lowest BCUT2D eigenvalue weighted by Crippen LogP contribution is -2.15. The zero-order valence-corrected chi connectivity index (χ0v) is 14.5. The first-order chi connectivity index (χ1) is 12.4. The van der Waals surface area contributed by atoms with Gasteiger partial charge in [-0.1, -0.05) is 10.3 Å². The molecule has 1 rings (SSSR count). The molecule has 1 heterocycles. The quantitative estimate of drug-likeness (QED) is 0.174. The topological polar surface area (TPSA) is 145 Å². The van der Waals surface area contributed by atoms with E-state index in [2.05, 4.69) is 25.7 Å². The maximum Gasteiger partial charge on any atom is 0.0964 e. The molecule has 11 nitrogen and oxygen atoms in total. The first kappa shape index (κ1) is 21.3. The highest BCUT2D eigenvalue weighted by Crippen LogP contribution is 1.93. The highest BCUT2D eigenvalue weighted by Gasteiger charge is 2.00. The van der Waals surface area contributed by atoms with Crippen LogP contribution in [0.3, 0.4) is 0 Å². The monoisotopic (exact) mass is 356 g/mol. The van der Waals surface area contributed by atoms with Gasteiger partial charge in [0, 0.05) is 30.7 Å². The van der Waals surface area contributed by atoms with E-state index in [1.165, 1.54) is 0 Å². The van der Waals surface area contributed by atoms with Crippen LogP contribution in [-0.4, -0.2) is 74.3 Å². The first-order valence-corrected chi connectivity index (χ1v) is 8.40. The number of aromatic nitrogens is 3. The van der Waals surface area contributed by atoms with Gasteiger partial charge in [-0.3, -0.25) is 0 Å². The Morgan fingerprint density at radius 2 is 1.88 bits per heavy atom. The van der Waals surface area contributed by atoms with Gasteiger partial charge in [0.15, 0.2) is 0 Å². The van der Waals surface area contributed by atoms with Crippen molar-refractivity contribution in [3.05, 3.63) is 22.3 Å². The van der Waals surface area contributed by atoms with E-state index >= 15 is 0 Å². The van der Waals surface area contributed by atoms with Crippen molar-refractivity contribution in [3.8, 4) is 0 Å². The predicted octanol–water partition coefficient (Wildman–Crippen LogP) is 0.0766. The van der Waals surface area contributed by atoms with Gasteiger partial charge in [-0.25, -0.2) is 4.68 Å². The van der Waals surface area contributed by atoms with Gasteiger partial charge in [0.1, 0.15) is 0 Å². The predicted molar refractivity (Wildman–Crippen MR) is 91.9 cm³/mol. The lowest BCUT2D eigenvalue weighted by atomic mass is 10.4. The van der Waals surface area contributed by atoms with Gasteiger partial charge in [0.05, 0.1) is 51.9 Å². The molecule has 1 aromatic heterocycles. The van der Waals surface area contributed by atoms with Crippen LogP contribution in [0.5, 0.6) is 0 Å². The van der Waals surface area contributed by atoms with Gasteiger partial charge < -0.3 is 25.3 Å². The molecule has 0 aromatic carbocycles. The fraction of sp³-hybridized carbons (Fsp3) is 0.857. The van der Waals surface area contributed by atoms with E-state index in [0.717, 1.165) is 18.7 Å². The molecule has 0 saturated heterocycles. The summed E-state index contributed by atoms with van der Waals surface area (Å²) in [6, 6.07) is 0. The maximum absolute atomic E-state index is 8.17. The third-order valence-electron chi connectivity index (χ3n) is 3.04. The van der Waals surface area contributed by atoms with Crippen molar-refractivity contribution in [1.82, 2.24) is 20.3 Å². The van der Waals surface area contributed by atoms with Crippen LogP contribution in [0.2, 0.25) is 0 Å². The van der Waals surface area contributed by atoms with Crippen LogP contribution in [0.15, 0.2) is 11.3 Å². The van der Waals surface area contributed by atoms with Crippen LogP contribution < -0.4 is 11.1 Å². The average molecular weight is 356 g/mol. The van der Waals surface area contributed by atoms with E-state index in [4.69, 9.17) is 25.5 Å². The molecule has 0 amide bonds. The molecule has 0 bridgehead atoms. The van der Waals surface area contributed by atoms with Crippen molar-refractivity contribution >= 4 is 0 Å². The standard InChI is InChI=1S/C14H28N8O3/c15-2-6-23-8-10-25-11-9-24-7-5-22-13-14(19-21-22)12-17-3-1-4-18-20-16/h13,17H,1-12,15H2. The Balaban J connectivity index is 1.94. The molecule has 142 valence electrons. The summed E-state index contributed by atoms with van der Waals surface area (Å²) in [7, 11) is 0. The summed E-state index contributed by atoms with van der Waals surface area (Å²) >= 11 is 0. The van der Waals surface area contributed by atoms with Crippen LogP contribution in [-0.2, 0) is 27.3 Å². The summed E-state index contributed by atoms with van der Waals surface area (Å²) in [5.41, 5.74) is 14.3. The number of nitrogens with two attached hydrogens (primary N) is 1. The van der Waals surface area contributed by atoms with E-state index in [1.807, 2.05) is 6.20 Å². The van der Waals surface area contributed by atoms with Crippen molar-refractivity contribution in [2.75, 3.05) is 59.3 Å². The molecule has 0 fully saturated rings. The van der Waals surface area contributed by atoms with E-state index in [0.29, 0.717) is 65.8 Å². The molecule has 0 unspecified atom stereocenters. The minimum absolute atomic E-state index is 0.498. The second-order valence-electron chi connectivity index (χ2n) is 5.08. The number of nitrogens with zero attached hydrogens (tertiary/aromatic N) is 6. The van der Waals surface area contributed by atoms with Crippen molar-refractivity contribution in [1.29, 1.82) is 0 Å². The van der Waals surface area contributed by atoms with Crippen molar-refractivity contribution < 1.29 is 14.2 Å². The van der Waals surface area contributed by atoms with Crippen LogP contribution >= 0.6 is 0 Å². The SMILES string of the molecule is [N-]=[N+]=NCCCNCc1cn(CCOCCOCCOCCN)nn1. The second kappa shape index (κ2) is 15.8. The molecule has 25 heavy (non-hydrogen) atoms. The number of nitrogens with one attached hydrogen (secondary N) is 1. The maximum atomic E-state index is 8.17. The molecule has 11 heteroatoms. The highest BCUT2D eigenvalue weighted by atomic mass is 16.5. The number of hydrogen-bond donors (Lipinski definition) is 2. The Hall–Kier alpha value is -1.75. The molecule has 0 aliphatic carbocycles. The van der Waals surface area contributed by atoms with Crippen molar-refractivity contribution in [3.63, 3.8) is 0 Å². The van der Waals surface area contributed by atoms with Crippen LogP contribution in [0.25, 0.3) is 10.4 Å². The van der Waals surface area contributed by atoms with Gasteiger partial charge in [-0.05, 0) is 18.5 Å². The molecule has 1 aromatic rings. The Labute approximate surface area is 147 Å². The smallest absolute Gasteiger partial charge is 0.0964 e. The third kappa shape index (κ3) is 12.3. The Kier molecular flexibility index (Phi) is 13.4. The molecule has 0 saturated carbocycles. The van der Waals surface area contributed by atoms with Gasteiger partial charge >= 0.3 is 0 Å². The lowest BCUT2D eigenvalue weighted by Gasteiger charge is -2.06. The number of hydrogen-bond acceptors (Lipinski definition) is 8. The molecule has 0 spiro atoms. The molecule has 3 N–H and O–H groups in total. The average Bonchev–Trinajstić information content (AvgIpc) is 3.07. The summed E-state index contributed by atoms with van der Waals surface area (Å²) < 4.78 is 17.8. The first-order valence-electron chi connectivity index (χ1n) is 8.40. The van der Waals surface area contributed by atoms with Gasteiger partial charge in [0.2, 0.25) is 0 Å². The van der Waals surface area contributed by atoms with Gasteiger partial charge in [-0.15, -0.1) is 5.10 Å². The van der Waals surface area contributed by atoms with Gasteiger partial charge in [0.25, 0.3) is 0 Å². The number of rotatable bonds is 17. The normalized spacial score (nSPS) is 10.8. The zero-order chi connectivity index (χ0) is 18.0. The number of azide groups is 1. The Morgan fingerprint density at radius 3 is 2.60 bits per heavy atom. The Bertz CT molecular complexity index is 478. The van der Waals surface area contributed by atoms with Crippen LogP contribution in [0.1, 0.15) is 12.1 Å². The fourth-order valence-electron chi connectivity index (χ4n) is 1.85. The minimum Gasteiger partial charge on any atom is -0.378 e. The summed E-state index contributed by atoms with van der Waals surface area (Å²) in [6.45, 7) is 6.36. The van der Waals surface area contributed by atoms with Gasteiger partial charge in [-0.2, -0.15) is 0 Å². The summed E-state index contributed by atoms with van der Waals surface area (Å²) in [5, 5.41) is 14.8. The Morgan fingerprint density at radius 1 is 1.16 bits per heavy atom. The third-order valence-corrected chi connectivity index (χ3v) is 3.04. The minimum atomic E-state index is 0.498. The largest absolute Gasteiger partial charge is 0.378 e.